The van der Waals surface area contributed by atoms with E-state index in [-0.39, 0.29) is 30.6 Å². The summed E-state index contributed by atoms with van der Waals surface area (Å²) in [6, 6.07) is 7.54. The minimum atomic E-state index is -1.22. The number of nitrogens with two attached hydrogens (primary N) is 1. The Labute approximate surface area is 230 Å². The Morgan fingerprint density at radius 1 is 1.35 bits per heavy atom. The van der Waals surface area contributed by atoms with Gasteiger partial charge < -0.3 is 16.2 Å². The lowest BCUT2D eigenvalue weighted by molar-refractivity contribution is -0.688. The van der Waals surface area contributed by atoms with Crippen molar-refractivity contribution in [2.75, 3.05) is 23.1 Å². The highest BCUT2D eigenvalue weighted by Gasteiger charge is 2.54. The lowest BCUT2D eigenvalue weighted by Crippen LogP contribution is -2.71. The van der Waals surface area contributed by atoms with Gasteiger partial charge in [0.25, 0.3) is 5.91 Å². The number of nitrogens with one attached hydrogen (secondary N) is 1. The molecule has 0 aliphatic carbocycles. The summed E-state index contributed by atoms with van der Waals surface area (Å²) in [5.74, 6) is -1.72. The molecule has 194 valence electrons. The van der Waals surface area contributed by atoms with Crippen LogP contribution >= 0.6 is 46.7 Å². The average Bonchev–Trinajstić information content (AvgIpc) is 2.88. The Morgan fingerprint density at radius 2 is 2.14 bits per heavy atom. The highest BCUT2D eigenvalue weighted by atomic mass is 35.5. The van der Waals surface area contributed by atoms with Crippen LogP contribution in [0.3, 0.4) is 0 Å². The van der Waals surface area contributed by atoms with Gasteiger partial charge in [-0.15, -0.1) is 23.5 Å². The summed E-state index contributed by atoms with van der Waals surface area (Å²) in [4.78, 5) is 52.0. The Balaban J connectivity index is 1.44. The predicted octanol–water partition coefficient (Wildman–Crippen LogP) is 1.69. The van der Waals surface area contributed by atoms with Crippen molar-refractivity contribution in [3.8, 4) is 0 Å². The number of carbonyl (C=O) groups excluding carboxylic acids is 3. The molecule has 3 amide bonds. The number of hydrogen-bond acceptors (Lipinski definition) is 7. The monoisotopic (exact) mass is 582 g/mol. The number of aromatic nitrogens is 1. The molecule has 0 spiro atoms. The van der Waals surface area contributed by atoms with Crippen molar-refractivity contribution in [1.29, 1.82) is 0 Å². The number of β-lactam (4-membered cyclic amide) rings is 1. The maximum atomic E-state index is 12.9. The van der Waals surface area contributed by atoms with Crippen molar-refractivity contribution in [1.82, 2.24) is 10.2 Å². The minimum Gasteiger partial charge on any atom is -0.477 e. The second-order valence-electron chi connectivity index (χ2n) is 8.07. The summed E-state index contributed by atoms with van der Waals surface area (Å²) in [6.07, 6.45) is 4.02. The fraction of sp³-hybridized carbons (Fsp3) is 0.261. The maximum Gasteiger partial charge on any atom is 0.352 e. The van der Waals surface area contributed by atoms with Gasteiger partial charge in [-0.1, -0.05) is 23.2 Å². The van der Waals surface area contributed by atoms with Crippen LogP contribution in [0.2, 0.25) is 10.0 Å². The molecule has 0 radical (unpaired) electrons. The molecule has 0 bridgehead atoms. The summed E-state index contributed by atoms with van der Waals surface area (Å²) in [6.45, 7) is 0.193. The van der Waals surface area contributed by atoms with Crippen molar-refractivity contribution in [3.63, 3.8) is 0 Å². The van der Waals surface area contributed by atoms with E-state index in [0.29, 0.717) is 38.4 Å². The molecule has 1 aromatic heterocycles. The van der Waals surface area contributed by atoms with E-state index in [1.807, 2.05) is 0 Å². The maximum absolute atomic E-state index is 12.9. The van der Waals surface area contributed by atoms with Gasteiger partial charge in [0, 0.05) is 27.3 Å². The highest BCUT2D eigenvalue weighted by Crippen LogP contribution is 2.40. The number of thioether (sulfide) groups is 2. The first-order valence-electron chi connectivity index (χ1n) is 10.9. The van der Waals surface area contributed by atoms with Gasteiger partial charge in [0.1, 0.15) is 22.8 Å². The first-order chi connectivity index (χ1) is 17.7. The van der Waals surface area contributed by atoms with E-state index in [0.717, 1.165) is 0 Å². The summed E-state index contributed by atoms with van der Waals surface area (Å²) in [7, 11) is 0. The molecule has 1 fully saturated rings. The zero-order chi connectivity index (χ0) is 26.7. The highest BCUT2D eigenvalue weighted by molar-refractivity contribution is 8.00. The van der Waals surface area contributed by atoms with E-state index in [4.69, 9.17) is 28.9 Å². The Hall–Kier alpha value is -2.77. The second-order valence-corrected chi connectivity index (χ2v) is 11.0. The first-order valence-corrected chi connectivity index (χ1v) is 13.7. The number of fused-ring (bicyclic) bond motifs is 1. The Morgan fingerprint density at radius 3 is 2.84 bits per heavy atom. The molecule has 1 aromatic carbocycles. The van der Waals surface area contributed by atoms with Gasteiger partial charge in [-0.3, -0.25) is 24.2 Å². The van der Waals surface area contributed by atoms with Crippen molar-refractivity contribution < 1.29 is 28.9 Å². The van der Waals surface area contributed by atoms with Gasteiger partial charge in [0.2, 0.25) is 12.3 Å². The summed E-state index contributed by atoms with van der Waals surface area (Å²) >= 11 is 14.7. The minimum absolute atomic E-state index is 0.00581. The van der Waals surface area contributed by atoms with Crippen molar-refractivity contribution in [3.05, 3.63) is 64.0 Å². The number of halogens is 2. The predicted molar refractivity (Wildman–Crippen MR) is 141 cm³/mol. The summed E-state index contributed by atoms with van der Waals surface area (Å²) in [5.41, 5.74) is 6.58. The van der Waals surface area contributed by atoms with E-state index < -0.39 is 23.3 Å². The average molecular weight is 583 g/mol. The standard InChI is InChI=1S/C23H21Cl2N5O5S2/c24-14-3-4-16(25)17(6-14)36-10-18(32)27-19-21(33)30-20(23(34)35)13(9-37-22(19)30)7-28-5-1-2-15(8-28)29(11-26)12-31/h1-6,8,12,19,22H,7,9-11,26H2,(H-,27,32,34,35)/p+1/t19-,22+/m0/s1. The van der Waals surface area contributed by atoms with Crippen LogP contribution in [0.25, 0.3) is 0 Å². The van der Waals surface area contributed by atoms with Crippen LogP contribution < -0.4 is 20.5 Å². The van der Waals surface area contributed by atoms with Crippen molar-refractivity contribution in [2.24, 2.45) is 5.73 Å². The van der Waals surface area contributed by atoms with E-state index >= 15 is 0 Å². The van der Waals surface area contributed by atoms with Crippen LogP contribution in [0.5, 0.6) is 0 Å². The molecule has 2 aromatic rings. The van der Waals surface area contributed by atoms with Gasteiger partial charge >= 0.3 is 5.97 Å². The zero-order valence-corrected chi connectivity index (χ0v) is 22.3. The van der Waals surface area contributed by atoms with Crippen LogP contribution in [-0.2, 0) is 25.7 Å². The fourth-order valence-electron chi connectivity index (χ4n) is 3.96. The Bertz CT molecular complexity index is 1290. The number of carbonyl (C=O) groups is 4. The quantitative estimate of drug-likeness (QED) is 0.126. The molecule has 14 heteroatoms. The van der Waals surface area contributed by atoms with Gasteiger partial charge in [-0.25, -0.2) is 4.79 Å². The molecular weight excluding hydrogens is 561 g/mol. The van der Waals surface area contributed by atoms with E-state index in [1.165, 1.54) is 33.3 Å². The number of aliphatic carboxylic acids is 1. The third-order valence-corrected chi connectivity index (χ3v) is 8.76. The number of benzene rings is 1. The molecule has 0 saturated carbocycles. The molecular formula is C23H22Cl2N5O5S2+. The fourth-order valence-corrected chi connectivity index (χ4v) is 6.60. The number of carboxylic acids is 1. The van der Waals surface area contributed by atoms with Gasteiger partial charge in [-0.05, 0) is 24.3 Å². The molecule has 0 unspecified atom stereocenters. The first kappa shape index (κ1) is 27.3. The third-order valence-electron chi connectivity index (χ3n) is 5.69. The number of pyridine rings is 1. The van der Waals surface area contributed by atoms with E-state index in [1.54, 1.807) is 47.3 Å². The zero-order valence-electron chi connectivity index (χ0n) is 19.2. The second kappa shape index (κ2) is 11.7. The smallest absolute Gasteiger partial charge is 0.352 e. The SMILES string of the molecule is NCN(C=O)c1ccc[n+](CC2=C(C(=O)O)N3C(=O)[C@H](NC(=O)CSc4cc(Cl)ccc4Cl)[C@H]3SC2)c1. The van der Waals surface area contributed by atoms with Crippen LogP contribution in [-0.4, -0.2) is 63.8 Å². The van der Waals surface area contributed by atoms with Crippen LogP contribution in [0.4, 0.5) is 5.69 Å². The topological polar surface area (TPSA) is 137 Å². The van der Waals surface area contributed by atoms with Crippen LogP contribution in [0.15, 0.2) is 58.9 Å². The third kappa shape index (κ3) is 5.88. The summed E-state index contributed by atoms with van der Waals surface area (Å²) < 4.78 is 1.72. The lowest BCUT2D eigenvalue weighted by atomic mass is 10.0. The van der Waals surface area contributed by atoms with Crippen LogP contribution in [0.1, 0.15) is 0 Å². The molecule has 10 nitrogen and oxygen atoms in total. The summed E-state index contributed by atoms with van der Waals surface area (Å²) in [5, 5.41) is 13.1. The number of nitrogens with zero attached hydrogens (tertiary/aromatic N) is 3. The molecule has 3 heterocycles. The number of carboxylic acid groups (broad SMARTS) is 1. The lowest BCUT2D eigenvalue weighted by Gasteiger charge is -2.49. The molecule has 4 N–H and O–H groups in total. The van der Waals surface area contributed by atoms with E-state index in [2.05, 4.69) is 5.32 Å². The molecule has 2 aliphatic heterocycles. The van der Waals surface area contributed by atoms with Gasteiger partial charge in [-0.2, -0.15) is 4.57 Å². The van der Waals surface area contributed by atoms with Crippen molar-refractivity contribution >= 4 is 76.6 Å². The molecule has 1 saturated heterocycles. The Kier molecular flexibility index (Phi) is 8.65. The number of anilines is 1. The largest absolute Gasteiger partial charge is 0.477 e. The van der Waals surface area contributed by atoms with E-state index in [9.17, 15) is 24.3 Å². The number of hydrogen-bond donors (Lipinski definition) is 3. The molecule has 2 atom stereocenters. The molecule has 4 rings (SSSR count). The normalized spacial score (nSPS) is 18.7. The van der Waals surface area contributed by atoms with Crippen LogP contribution in [0, 0.1) is 0 Å². The van der Waals surface area contributed by atoms with Crippen molar-refractivity contribution in [2.45, 2.75) is 22.9 Å². The molecule has 37 heavy (non-hydrogen) atoms. The molecule has 2 aliphatic rings. The van der Waals surface area contributed by atoms with Gasteiger partial charge in [0.05, 0.1) is 17.4 Å². The number of amides is 3. The number of rotatable bonds is 10. The van der Waals surface area contributed by atoms with Gasteiger partial charge in [0.15, 0.2) is 18.9 Å².